The molecule has 3 N–H and O–H groups in total. The molecule has 2 rings (SSSR count). The molecule has 0 saturated carbocycles. The molecule has 0 unspecified atom stereocenters. The van der Waals surface area contributed by atoms with E-state index in [1.165, 1.54) is 0 Å². The monoisotopic (exact) mass is 273 g/mol. The molecule has 0 amide bonds. The maximum absolute atomic E-state index is 9.25. The third-order valence-corrected chi connectivity index (χ3v) is 3.04. The zero-order chi connectivity index (χ0) is 14.5. The quantitative estimate of drug-likeness (QED) is 0.879. The standard InChI is InChI=1S/C16H19NO3/c1-11(17)15-8-7-14(19-2)9-16(15)20-10-12-3-5-13(18)6-4-12/h3-9,11,18H,10,17H2,1-2H3/t11-/m1/s1. The lowest BCUT2D eigenvalue weighted by Gasteiger charge is -2.15. The predicted molar refractivity (Wildman–Crippen MR) is 78.0 cm³/mol. The van der Waals surface area contributed by atoms with Crippen molar-refractivity contribution in [2.75, 3.05) is 7.11 Å². The van der Waals surface area contributed by atoms with Crippen molar-refractivity contribution >= 4 is 0 Å². The van der Waals surface area contributed by atoms with Gasteiger partial charge >= 0.3 is 0 Å². The number of phenolic OH excluding ortho intramolecular Hbond substituents is 1. The Labute approximate surface area is 118 Å². The maximum atomic E-state index is 9.25. The number of hydrogen-bond acceptors (Lipinski definition) is 4. The molecule has 0 saturated heterocycles. The summed E-state index contributed by atoms with van der Waals surface area (Å²) in [5, 5.41) is 9.25. The molecule has 0 aromatic heterocycles. The Kier molecular flexibility index (Phi) is 4.48. The van der Waals surface area contributed by atoms with E-state index in [4.69, 9.17) is 15.2 Å². The number of hydrogen-bond donors (Lipinski definition) is 2. The number of aromatic hydroxyl groups is 1. The van der Waals surface area contributed by atoms with Crippen LogP contribution in [0, 0.1) is 0 Å². The van der Waals surface area contributed by atoms with Gasteiger partial charge in [0.25, 0.3) is 0 Å². The minimum Gasteiger partial charge on any atom is -0.508 e. The molecular formula is C16H19NO3. The van der Waals surface area contributed by atoms with Gasteiger partial charge in [-0.3, -0.25) is 0 Å². The molecule has 0 aliphatic heterocycles. The Bertz CT molecular complexity index is 564. The molecule has 0 heterocycles. The van der Waals surface area contributed by atoms with Crippen LogP contribution < -0.4 is 15.2 Å². The van der Waals surface area contributed by atoms with Gasteiger partial charge < -0.3 is 20.3 Å². The van der Waals surface area contributed by atoms with E-state index >= 15 is 0 Å². The summed E-state index contributed by atoms with van der Waals surface area (Å²) in [6.45, 7) is 2.32. The van der Waals surface area contributed by atoms with Gasteiger partial charge in [-0.15, -0.1) is 0 Å². The minimum absolute atomic E-state index is 0.115. The molecule has 0 fully saturated rings. The Morgan fingerprint density at radius 2 is 1.85 bits per heavy atom. The second-order valence-corrected chi connectivity index (χ2v) is 4.65. The largest absolute Gasteiger partial charge is 0.508 e. The summed E-state index contributed by atoms with van der Waals surface area (Å²) in [4.78, 5) is 0. The zero-order valence-corrected chi connectivity index (χ0v) is 11.7. The SMILES string of the molecule is COc1ccc([C@@H](C)N)c(OCc2ccc(O)cc2)c1. The number of ether oxygens (including phenoxy) is 2. The number of nitrogens with two attached hydrogens (primary N) is 1. The number of phenols is 1. The lowest BCUT2D eigenvalue weighted by atomic mass is 10.1. The third-order valence-electron chi connectivity index (χ3n) is 3.04. The molecule has 0 aliphatic rings. The molecule has 0 radical (unpaired) electrons. The topological polar surface area (TPSA) is 64.7 Å². The van der Waals surface area contributed by atoms with Crippen molar-refractivity contribution in [1.29, 1.82) is 0 Å². The summed E-state index contributed by atoms with van der Waals surface area (Å²) in [5.41, 5.74) is 7.85. The van der Waals surface area contributed by atoms with E-state index in [1.807, 2.05) is 37.3 Å². The van der Waals surface area contributed by atoms with Gasteiger partial charge in [-0.1, -0.05) is 18.2 Å². The van der Waals surface area contributed by atoms with Gasteiger partial charge in [0, 0.05) is 17.7 Å². The second-order valence-electron chi connectivity index (χ2n) is 4.65. The fourth-order valence-electron chi connectivity index (χ4n) is 1.90. The molecule has 1 atom stereocenters. The van der Waals surface area contributed by atoms with Gasteiger partial charge in [0.05, 0.1) is 7.11 Å². The zero-order valence-electron chi connectivity index (χ0n) is 11.7. The van der Waals surface area contributed by atoms with Crippen LogP contribution in [0.2, 0.25) is 0 Å². The van der Waals surface area contributed by atoms with Crippen LogP contribution in [0.1, 0.15) is 24.1 Å². The average Bonchev–Trinajstić information content (AvgIpc) is 2.46. The van der Waals surface area contributed by atoms with Gasteiger partial charge in [-0.05, 0) is 30.7 Å². The molecule has 4 nitrogen and oxygen atoms in total. The summed E-state index contributed by atoms with van der Waals surface area (Å²) >= 11 is 0. The normalized spacial score (nSPS) is 11.9. The van der Waals surface area contributed by atoms with Crippen molar-refractivity contribution in [2.24, 2.45) is 5.73 Å². The van der Waals surface area contributed by atoms with Gasteiger partial charge in [-0.2, -0.15) is 0 Å². The molecule has 0 aliphatic carbocycles. The fourth-order valence-corrected chi connectivity index (χ4v) is 1.90. The number of methoxy groups -OCH3 is 1. The first-order chi connectivity index (χ1) is 9.60. The molecule has 0 bridgehead atoms. The van der Waals surface area contributed by atoms with E-state index in [-0.39, 0.29) is 11.8 Å². The molecule has 106 valence electrons. The Balaban J connectivity index is 2.16. The lowest BCUT2D eigenvalue weighted by molar-refractivity contribution is 0.298. The molecular weight excluding hydrogens is 254 g/mol. The highest BCUT2D eigenvalue weighted by atomic mass is 16.5. The highest BCUT2D eigenvalue weighted by Gasteiger charge is 2.10. The van der Waals surface area contributed by atoms with Crippen LogP contribution in [-0.4, -0.2) is 12.2 Å². The minimum atomic E-state index is -0.115. The first-order valence-electron chi connectivity index (χ1n) is 6.44. The van der Waals surface area contributed by atoms with E-state index in [9.17, 15) is 5.11 Å². The Hall–Kier alpha value is -2.20. The first-order valence-corrected chi connectivity index (χ1v) is 6.44. The number of benzene rings is 2. The summed E-state index contributed by atoms with van der Waals surface area (Å²) < 4.78 is 11.0. The molecule has 0 spiro atoms. The third kappa shape index (κ3) is 3.42. The van der Waals surface area contributed by atoms with Crippen LogP contribution in [0.3, 0.4) is 0 Å². The van der Waals surface area contributed by atoms with Crippen LogP contribution >= 0.6 is 0 Å². The Morgan fingerprint density at radius 1 is 1.15 bits per heavy atom. The summed E-state index contributed by atoms with van der Waals surface area (Å²) in [6.07, 6.45) is 0. The smallest absolute Gasteiger partial charge is 0.128 e. The van der Waals surface area contributed by atoms with Crippen molar-refractivity contribution < 1.29 is 14.6 Å². The second kappa shape index (κ2) is 6.30. The highest BCUT2D eigenvalue weighted by Crippen LogP contribution is 2.29. The first kappa shape index (κ1) is 14.2. The van der Waals surface area contributed by atoms with E-state index in [1.54, 1.807) is 19.2 Å². The molecule has 4 heteroatoms. The van der Waals surface area contributed by atoms with Crippen LogP contribution in [-0.2, 0) is 6.61 Å². The maximum Gasteiger partial charge on any atom is 0.128 e. The fraction of sp³-hybridized carbons (Fsp3) is 0.250. The molecule has 2 aromatic rings. The van der Waals surface area contributed by atoms with Crippen molar-refractivity contribution in [1.82, 2.24) is 0 Å². The summed E-state index contributed by atoms with van der Waals surface area (Å²) in [6, 6.07) is 12.4. The van der Waals surface area contributed by atoms with Crippen molar-refractivity contribution in [3.63, 3.8) is 0 Å². The Morgan fingerprint density at radius 3 is 2.45 bits per heavy atom. The lowest BCUT2D eigenvalue weighted by Crippen LogP contribution is -2.08. The molecule has 20 heavy (non-hydrogen) atoms. The van der Waals surface area contributed by atoms with Crippen molar-refractivity contribution in [2.45, 2.75) is 19.6 Å². The molecule has 2 aromatic carbocycles. The van der Waals surface area contributed by atoms with Gasteiger partial charge in [0.1, 0.15) is 23.9 Å². The van der Waals surface area contributed by atoms with Crippen LogP contribution in [0.25, 0.3) is 0 Å². The van der Waals surface area contributed by atoms with Crippen LogP contribution in [0.4, 0.5) is 0 Å². The predicted octanol–water partition coefficient (Wildman–Crippen LogP) is 3.00. The average molecular weight is 273 g/mol. The highest BCUT2D eigenvalue weighted by molar-refractivity contribution is 5.42. The van der Waals surface area contributed by atoms with Crippen molar-refractivity contribution in [3.05, 3.63) is 53.6 Å². The summed E-state index contributed by atoms with van der Waals surface area (Å²) in [5.74, 6) is 1.69. The van der Waals surface area contributed by atoms with Gasteiger partial charge in [0.15, 0.2) is 0 Å². The van der Waals surface area contributed by atoms with Crippen molar-refractivity contribution in [3.8, 4) is 17.2 Å². The van der Waals surface area contributed by atoms with E-state index < -0.39 is 0 Å². The van der Waals surface area contributed by atoms with E-state index in [0.29, 0.717) is 12.4 Å². The summed E-state index contributed by atoms with van der Waals surface area (Å²) in [7, 11) is 1.62. The van der Waals surface area contributed by atoms with E-state index in [0.717, 1.165) is 16.9 Å². The number of rotatable bonds is 5. The van der Waals surface area contributed by atoms with E-state index in [2.05, 4.69) is 0 Å². The van der Waals surface area contributed by atoms with Crippen LogP contribution in [0.15, 0.2) is 42.5 Å². The van der Waals surface area contributed by atoms with Crippen LogP contribution in [0.5, 0.6) is 17.2 Å². The van der Waals surface area contributed by atoms with Gasteiger partial charge in [0.2, 0.25) is 0 Å². The van der Waals surface area contributed by atoms with Gasteiger partial charge in [-0.25, -0.2) is 0 Å².